The average Bonchev–Trinajstić information content (AvgIpc) is 2.93. The SMILES string of the molecule is CNC(c1cccc(CC(C)C)c1)C(C)(C)N1CCCC1. The lowest BCUT2D eigenvalue weighted by Crippen LogP contribution is -2.50. The molecule has 0 aliphatic carbocycles. The largest absolute Gasteiger partial charge is 0.311 e. The van der Waals surface area contributed by atoms with Gasteiger partial charge in [-0.2, -0.15) is 0 Å². The second kappa shape index (κ2) is 6.93. The number of rotatable bonds is 6. The third-order valence-electron chi connectivity index (χ3n) is 4.84. The maximum Gasteiger partial charge on any atom is 0.0499 e. The van der Waals surface area contributed by atoms with Gasteiger partial charge in [-0.15, -0.1) is 0 Å². The van der Waals surface area contributed by atoms with Crippen molar-refractivity contribution in [3.8, 4) is 0 Å². The molecule has 2 rings (SSSR count). The minimum absolute atomic E-state index is 0.154. The summed E-state index contributed by atoms with van der Waals surface area (Å²) in [5, 5.41) is 3.57. The molecular formula is C19H32N2. The summed E-state index contributed by atoms with van der Waals surface area (Å²) in [6, 6.07) is 9.54. The first-order valence-corrected chi connectivity index (χ1v) is 8.46. The van der Waals surface area contributed by atoms with Crippen LogP contribution in [0.5, 0.6) is 0 Å². The molecule has 0 radical (unpaired) electrons. The third-order valence-corrected chi connectivity index (χ3v) is 4.84. The fourth-order valence-electron chi connectivity index (χ4n) is 3.77. The van der Waals surface area contributed by atoms with Crippen molar-refractivity contribution in [3.63, 3.8) is 0 Å². The van der Waals surface area contributed by atoms with E-state index in [1.54, 1.807) is 0 Å². The number of hydrogen-bond donors (Lipinski definition) is 1. The van der Waals surface area contributed by atoms with Crippen molar-refractivity contribution < 1.29 is 0 Å². The molecule has 1 N–H and O–H groups in total. The number of likely N-dealkylation sites (N-methyl/N-ethyl adjacent to an activating group) is 1. The lowest BCUT2D eigenvalue weighted by atomic mass is 9.86. The Morgan fingerprint density at radius 1 is 1.19 bits per heavy atom. The summed E-state index contributed by atoms with van der Waals surface area (Å²) in [7, 11) is 2.09. The molecule has 0 saturated carbocycles. The van der Waals surface area contributed by atoms with Gasteiger partial charge in [-0.25, -0.2) is 0 Å². The molecule has 2 nitrogen and oxygen atoms in total. The number of hydrogen-bond acceptors (Lipinski definition) is 2. The Bertz CT molecular complexity index is 445. The van der Waals surface area contributed by atoms with E-state index in [9.17, 15) is 0 Å². The second-order valence-corrected chi connectivity index (χ2v) is 7.41. The smallest absolute Gasteiger partial charge is 0.0499 e. The Hall–Kier alpha value is -0.860. The molecular weight excluding hydrogens is 256 g/mol. The zero-order valence-electron chi connectivity index (χ0n) is 14.4. The summed E-state index contributed by atoms with van der Waals surface area (Å²) in [5.41, 5.74) is 3.04. The molecule has 0 aromatic heterocycles. The lowest BCUT2D eigenvalue weighted by Gasteiger charge is -2.42. The van der Waals surface area contributed by atoms with Crippen molar-refractivity contribution >= 4 is 0 Å². The first-order valence-electron chi connectivity index (χ1n) is 8.46. The molecule has 1 aliphatic rings. The third kappa shape index (κ3) is 3.87. The van der Waals surface area contributed by atoms with E-state index in [0.717, 1.165) is 6.42 Å². The van der Waals surface area contributed by atoms with Crippen molar-refractivity contribution in [1.82, 2.24) is 10.2 Å². The maximum atomic E-state index is 3.57. The van der Waals surface area contributed by atoms with E-state index >= 15 is 0 Å². The van der Waals surface area contributed by atoms with Gasteiger partial charge in [-0.05, 0) is 70.3 Å². The highest BCUT2D eigenvalue weighted by molar-refractivity contribution is 5.29. The van der Waals surface area contributed by atoms with Crippen molar-refractivity contribution in [3.05, 3.63) is 35.4 Å². The highest BCUT2D eigenvalue weighted by Gasteiger charge is 2.36. The molecule has 118 valence electrons. The van der Waals surface area contributed by atoms with E-state index in [4.69, 9.17) is 0 Å². The summed E-state index contributed by atoms with van der Waals surface area (Å²) >= 11 is 0. The molecule has 0 spiro atoms. The molecule has 1 aromatic carbocycles. The van der Waals surface area contributed by atoms with Gasteiger partial charge in [0.2, 0.25) is 0 Å². The molecule has 1 unspecified atom stereocenters. The van der Waals surface area contributed by atoms with Crippen molar-refractivity contribution in [2.24, 2.45) is 5.92 Å². The van der Waals surface area contributed by atoms with Gasteiger partial charge in [0.25, 0.3) is 0 Å². The van der Waals surface area contributed by atoms with Crippen molar-refractivity contribution in [2.45, 2.75) is 58.5 Å². The molecule has 1 aliphatic heterocycles. The second-order valence-electron chi connectivity index (χ2n) is 7.41. The Morgan fingerprint density at radius 2 is 1.86 bits per heavy atom. The highest BCUT2D eigenvalue weighted by atomic mass is 15.2. The first kappa shape index (κ1) is 16.5. The van der Waals surface area contributed by atoms with Crippen molar-refractivity contribution in [1.29, 1.82) is 0 Å². The van der Waals surface area contributed by atoms with Crippen LogP contribution in [0.4, 0.5) is 0 Å². The quantitative estimate of drug-likeness (QED) is 0.850. The number of benzene rings is 1. The van der Waals surface area contributed by atoms with Crippen molar-refractivity contribution in [2.75, 3.05) is 20.1 Å². The highest BCUT2D eigenvalue weighted by Crippen LogP contribution is 2.33. The predicted octanol–water partition coefficient (Wildman–Crippen LogP) is 4.02. The molecule has 2 heteroatoms. The maximum absolute atomic E-state index is 3.57. The van der Waals surface area contributed by atoms with Crippen LogP contribution in [-0.4, -0.2) is 30.6 Å². The van der Waals surface area contributed by atoms with E-state index in [1.807, 2.05) is 0 Å². The van der Waals surface area contributed by atoms with Gasteiger partial charge >= 0.3 is 0 Å². The molecule has 1 aromatic rings. The van der Waals surface area contributed by atoms with E-state index in [2.05, 4.69) is 69.2 Å². The van der Waals surface area contributed by atoms with Gasteiger partial charge < -0.3 is 5.32 Å². The van der Waals surface area contributed by atoms with Crippen LogP contribution in [0.1, 0.15) is 57.7 Å². The van der Waals surface area contributed by atoms with Crippen LogP contribution in [0, 0.1) is 5.92 Å². The average molecular weight is 288 g/mol. The minimum Gasteiger partial charge on any atom is -0.311 e. The van der Waals surface area contributed by atoms with E-state index in [1.165, 1.54) is 37.1 Å². The van der Waals surface area contributed by atoms with E-state index < -0.39 is 0 Å². The fourth-order valence-corrected chi connectivity index (χ4v) is 3.77. The summed E-state index contributed by atoms with van der Waals surface area (Å²) in [5.74, 6) is 0.708. The van der Waals surface area contributed by atoms with E-state index in [0.29, 0.717) is 12.0 Å². The molecule has 1 heterocycles. The minimum atomic E-state index is 0.154. The molecule has 21 heavy (non-hydrogen) atoms. The Kier molecular flexibility index (Phi) is 5.45. The van der Waals surface area contributed by atoms with Crippen LogP contribution < -0.4 is 5.32 Å². The normalized spacial score (nSPS) is 18.4. The lowest BCUT2D eigenvalue weighted by molar-refractivity contribution is 0.110. The molecule has 0 amide bonds. The zero-order chi connectivity index (χ0) is 15.5. The number of likely N-dealkylation sites (tertiary alicyclic amines) is 1. The number of nitrogens with zero attached hydrogens (tertiary/aromatic N) is 1. The van der Waals surface area contributed by atoms with E-state index in [-0.39, 0.29) is 5.54 Å². The van der Waals surface area contributed by atoms with Gasteiger partial charge in [-0.1, -0.05) is 38.1 Å². The van der Waals surface area contributed by atoms with Crippen LogP contribution >= 0.6 is 0 Å². The Balaban J connectivity index is 2.23. The van der Waals surface area contributed by atoms with Gasteiger partial charge in [0, 0.05) is 11.6 Å². The standard InChI is InChI=1S/C19H32N2/c1-15(2)13-16-9-8-10-17(14-16)18(20-5)19(3,4)21-11-6-7-12-21/h8-10,14-15,18,20H,6-7,11-13H2,1-5H3. The Morgan fingerprint density at radius 3 is 2.43 bits per heavy atom. The van der Waals surface area contributed by atoms with Crippen LogP contribution in [0.3, 0.4) is 0 Å². The van der Waals surface area contributed by atoms with Gasteiger partial charge in [0.15, 0.2) is 0 Å². The van der Waals surface area contributed by atoms with Crippen LogP contribution in [0.15, 0.2) is 24.3 Å². The van der Waals surface area contributed by atoms with Crippen LogP contribution in [0.2, 0.25) is 0 Å². The Labute approximate surface area is 130 Å². The summed E-state index contributed by atoms with van der Waals surface area (Å²) < 4.78 is 0. The first-order chi connectivity index (χ1) is 9.95. The molecule has 1 saturated heterocycles. The molecule has 1 fully saturated rings. The fraction of sp³-hybridized carbons (Fsp3) is 0.684. The molecule has 1 atom stereocenters. The predicted molar refractivity (Wildman–Crippen MR) is 91.7 cm³/mol. The monoisotopic (exact) mass is 288 g/mol. The summed E-state index contributed by atoms with van der Waals surface area (Å²) in [6.07, 6.45) is 3.84. The summed E-state index contributed by atoms with van der Waals surface area (Å²) in [4.78, 5) is 2.64. The zero-order valence-corrected chi connectivity index (χ0v) is 14.4. The number of nitrogens with one attached hydrogen (secondary N) is 1. The van der Waals surface area contributed by atoms with Crippen LogP contribution in [-0.2, 0) is 6.42 Å². The topological polar surface area (TPSA) is 15.3 Å². The van der Waals surface area contributed by atoms with Gasteiger partial charge in [-0.3, -0.25) is 4.90 Å². The van der Waals surface area contributed by atoms with Gasteiger partial charge in [0.1, 0.15) is 0 Å². The summed E-state index contributed by atoms with van der Waals surface area (Å²) in [6.45, 7) is 11.8. The molecule has 0 bridgehead atoms. The van der Waals surface area contributed by atoms with Crippen LogP contribution in [0.25, 0.3) is 0 Å². The van der Waals surface area contributed by atoms with Gasteiger partial charge in [0.05, 0.1) is 0 Å².